The Kier molecular flexibility index (Phi) is 4.84. The smallest absolute Gasteiger partial charge is 0.251 e. The fourth-order valence-corrected chi connectivity index (χ4v) is 2.85. The molecule has 2 atom stereocenters. The van der Waals surface area contributed by atoms with Gasteiger partial charge in [-0.3, -0.25) is 4.79 Å². The number of hydrogen-bond donors (Lipinski definition) is 3. The molecule has 1 aromatic carbocycles. The van der Waals surface area contributed by atoms with E-state index in [1.165, 1.54) is 19.6 Å². The minimum absolute atomic E-state index is 0.0270. The molecular formula is C15H22N2O3. The van der Waals surface area contributed by atoms with E-state index in [2.05, 4.69) is 5.32 Å². The van der Waals surface area contributed by atoms with E-state index in [-0.39, 0.29) is 11.7 Å². The molecule has 0 aromatic heterocycles. The summed E-state index contributed by atoms with van der Waals surface area (Å²) in [6, 6.07) is 4.65. The molecule has 2 rings (SSSR count). The van der Waals surface area contributed by atoms with Gasteiger partial charge in [0.05, 0.1) is 7.11 Å². The van der Waals surface area contributed by atoms with Crippen molar-refractivity contribution < 1.29 is 14.6 Å². The second-order valence-electron chi connectivity index (χ2n) is 5.28. The van der Waals surface area contributed by atoms with E-state index in [4.69, 9.17) is 10.5 Å². The van der Waals surface area contributed by atoms with Crippen molar-refractivity contribution in [1.29, 1.82) is 0 Å². The number of benzene rings is 1. The third-order valence-corrected chi connectivity index (χ3v) is 4.09. The molecule has 4 N–H and O–H groups in total. The molecule has 0 heterocycles. The van der Waals surface area contributed by atoms with Crippen molar-refractivity contribution in [3.63, 3.8) is 0 Å². The third-order valence-electron chi connectivity index (χ3n) is 4.09. The van der Waals surface area contributed by atoms with Crippen LogP contribution in [0.25, 0.3) is 0 Å². The van der Waals surface area contributed by atoms with E-state index in [1.807, 2.05) is 0 Å². The molecule has 110 valence electrons. The molecule has 1 saturated carbocycles. The maximum atomic E-state index is 12.1. The zero-order chi connectivity index (χ0) is 14.5. The van der Waals surface area contributed by atoms with E-state index in [0.29, 0.717) is 36.2 Å². The van der Waals surface area contributed by atoms with Gasteiger partial charge in [-0.1, -0.05) is 6.42 Å². The first kappa shape index (κ1) is 14.7. The van der Waals surface area contributed by atoms with Crippen LogP contribution in [0.5, 0.6) is 11.5 Å². The van der Waals surface area contributed by atoms with Gasteiger partial charge in [0.1, 0.15) is 0 Å². The standard InChI is InChI=1S/C15H22N2O3/c1-20-14-6-5-10(7-13(14)18)15(19)17-9-12-4-2-3-11(12)8-16/h5-7,11-12,18H,2-4,8-9,16H2,1H3,(H,17,19). The van der Waals surface area contributed by atoms with Crippen molar-refractivity contribution in [2.45, 2.75) is 19.3 Å². The fourth-order valence-electron chi connectivity index (χ4n) is 2.85. The number of phenols is 1. The summed E-state index contributed by atoms with van der Waals surface area (Å²) in [4.78, 5) is 12.1. The van der Waals surface area contributed by atoms with Gasteiger partial charge in [-0.25, -0.2) is 0 Å². The average Bonchev–Trinajstić information content (AvgIpc) is 2.92. The second kappa shape index (κ2) is 6.61. The molecule has 5 nitrogen and oxygen atoms in total. The molecule has 0 aliphatic heterocycles. The highest BCUT2D eigenvalue weighted by atomic mass is 16.5. The van der Waals surface area contributed by atoms with Gasteiger partial charge >= 0.3 is 0 Å². The summed E-state index contributed by atoms with van der Waals surface area (Å²) in [5.41, 5.74) is 6.17. The van der Waals surface area contributed by atoms with Crippen LogP contribution >= 0.6 is 0 Å². The highest BCUT2D eigenvalue weighted by Gasteiger charge is 2.26. The predicted molar refractivity (Wildman–Crippen MR) is 76.9 cm³/mol. The van der Waals surface area contributed by atoms with Crippen molar-refractivity contribution in [2.75, 3.05) is 20.2 Å². The van der Waals surface area contributed by atoms with Gasteiger partial charge in [0.15, 0.2) is 11.5 Å². The van der Waals surface area contributed by atoms with Crippen LogP contribution in [0.2, 0.25) is 0 Å². The Hall–Kier alpha value is -1.75. The zero-order valence-corrected chi connectivity index (χ0v) is 11.8. The van der Waals surface area contributed by atoms with Gasteiger partial charge in [-0.05, 0) is 49.4 Å². The summed E-state index contributed by atoms with van der Waals surface area (Å²) in [6.45, 7) is 1.33. The average molecular weight is 278 g/mol. The third kappa shape index (κ3) is 3.22. The molecule has 0 radical (unpaired) electrons. The van der Waals surface area contributed by atoms with Gasteiger partial charge in [0.2, 0.25) is 0 Å². The SMILES string of the molecule is COc1ccc(C(=O)NCC2CCCC2CN)cc1O. The highest BCUT2D eigenvalue weighted by Crippen LogP contribution is 2.30. The minimum atomic E-state index is -0.175. The lowest BCUT2D eigenvalue weighted by Gasteiger charge is -2.18. The zero-order valence-electron chi connectivity index (χ0n) is 11.8. The first-order chi connectivity index (χ1) is 9.65. The van der Waals surface area contributed by atoms with Gasteiger partial charge in [0.25, 0.3) is 5.91 Å². The second-order valence-corrected chi connectivity index (χ2v) is 5.28. The summed E-state index contributed by atoms with van der Waals surface area (Å²) in [7, 11) is 1.47. The van der Waals surface area contributed by atoms with Crippen LogP contribution in [0, 0.1) is 11.8 Å². The topological polar surface area (TPSA) is 84.6 Å². The molecule has 1 aliphatic rings. The normalized spacial score (nSPS) is 21.7. The Morgan fingerprint density at radius 2 is 2.20 bits per heavy atom. The summed E-state index contributed by atoms with van der Waals surface area (Å²) in [6.07, 6.45) is 3.46. The number of aromatic hydroxyl groups is 1. The van der Waals surface area contributed by atoms with Crippen molar-refractivity contribution in [2.24, 2.45) is 17.6 Å². The molecular weight excluding hydrogens is 256 g/mol. The summed E-state index contributed by atoms with van der Waals surface area (Å²) >= 11 is 0. The number of nitrogens with one attached hydrogen (secondary N) is 1. The number of rotatable bonds is 5. The lowest BCUT2D eigenvalue weighted by atomic mass is 9.96. The Morgan fingerprint density at radius 3 is 2.85 bits per heavy atom. The highest BCUT2D eigenvalue weighted by molar-refractivity contribution is 5.94. The van der Waals surface area contributed by atoms with Gasteiger partial charge < -0.3 is 20.9 Å². The number of phenolic OH excluding ortho intramolecular Hbond substituents is 1. The van der Waals surface area contributed by atoms with Crippen molar-refractivity contribution in [3.05, 3.63) is 23.8 Å². The van der Waals surface area contributed by atoms with Gasteiger partial charge in [-0.15, -0.1) is 0 Å². The number of carbonyl (C=O) groups excluding carboxylic acids is 1. The van der Waals surface area contributed by atoms with E-state index in [1.54, 1.807) is 12.1 Å². The summed E-state index contributed by atoms with van der Waals surface area (Å²) in [5, 5.41) is 12.6. The van der Waals surface area contributed by atoms with Crippen LogP contribution < -0.4 is 15.8 Å². The number of ether oxygens (including phenoxy) is 1. The van der Waals surface area contributed by atoms with Gasteiger partial charge in [-0.2, -0.15) is 0 Å². The van der Waals surface area contributed by atoms with Crippen LogP contribution in [0.3, 0.4) is 0 Å². The molecule has 0 bridgehead atoms. The molecule has 1 aliphatic carbocycles. The van der Waals surface area contributed by atoms with Crippen LogP contribution in [-0.4, -0.2) is 31.2 Å². The molecule has 1 fully saturated rings. The van der Waals surface area contributed by atoms with Crippen molar-refractivity contribution in [1.82, 2.24) is 5.32 Å². The quantitative estimate of drug-likeness (QED) is 0.762. The van der Waals surface area contributed by atoms with Crippen LogP contribution in [0.1, 0.15) is 29.6 Å². The van der Waals surface area contributed by atoms with Crippen LogP contribution in [-0.2, 0) is 0 Å². The van der Waals surface area contributed by atoms with Crippen LogP contribution in [0.4, 0.5) is 0 Å². The van der Waals surface area contributed by atoms with E-state index in [0.717, 1.165) is 12.8 Å². The first-order valence-corrected chi connectivity index (χ1v) is 7.01. The lowest BCUT2D eigenvalue weighted by molar-refractivity contribution is 0.0943. The largest absolute Gasteiger partial charge is 0.504 e. The summed E-state index contributed by atoms with van der Waals surface area (Å²) in [5.74, 6) is 1.14. The van der Waals surface area contributed by atoms with E-state index >= 15 is 0 Å². The fraction of sp³-hybridized carbons (Fsp3) is 0.533. The Balaban J connectivity index is 1.93. The van der Waals surface area contributed by atoms with E-state index in [9.17, 15) is 9.90 Å². The number of carbonyl (C=O) groups is 1. The maximum Gasteiger partial charge on any atom is 0.251 e. The molecule has 20 heavy (non-hydrogen) atoms. The van der Waals surface area contributed by atoms with Gasteiger partial charge in [0, 0.05) is 12.1 Å². The molecule has 0 saturated heterocycles. The molecule has 2 unspecified atom stereocenters. The maximum absolute atomic E-state index is 12.1. The van der Waals surface area contributed by atoms with Crippen molar-refractivity contribution in [3.8, 4) is 11.5 Å². The predicted octanol–water partition coefficient (Wildman–Crippen LogP) is 1.51. The summed E-state index contributed by atoms with van der Waals surface area (Å²) < 4.78 is 4.95. The number of amides is 1. The number of nitrogens with two attached hydrogens (primary N) is 1. The first-order valence-electron chi connectivity index (χ1n) is 7.01. The van der Waals surface area contributed by atoms with Crippen LogP contribution in [0.15, 0.2) is 18.2 Å². The minimum Gasteiger partial charge on any atom is -0.504 e. The van der Waals surface area contributed by atoms with E-state index < -0.39 is 0 Å². The Morgan fingerprint density at radius 1 is 1.45 bits per heavy atom. The Bertz CT molecular complexity index is 476. The monoisotopic (exact) mass is 278 g/mol. The number of methoxy groups -OCH3 is 1. The molecule has 1 amide bonds. The Labute approximate surface area is 119 Å². The lowest BCUT2D eigenvalue weighted by Crippen LogP contribution is -2.32. The molecule has 1 aromatic rings. The molecule has 0 spiro atoms. The number of hydrogen-bond acceptors (Lipinski definition) is 4. The van der Waals surface area contributed by atoms with Crippen molar-refractivity contribution >= 4 is 5.91 Å². The molecule has 5 heteroatoms.